The molecular weight excluding hydrogens is 302 g/mol. The van der Waals surface area contributed by atoms with Crippen molar-refractivity contribution in [2.75, 3.05) is 26.2 Å². The van der Waals surface area contributed by atoms with Gasteiger partial charge >= 0.3 is 6.03 Å². The van der Waals surface area contributed by atoms with Crippen molar-refractivity contribution in [3.63, 3.8) is 0 Å². The Kier molecular flexibility index (Phi) is 7.53. The maximum atomic E-state index is 12.4. The number of carbonyl (C=O) groups excluding carboxylic acids is 1. The van der Waals surface area contributed by atoms with Crippen LogP contribution < -0.4 is 10.6 Å². The summed E-state index contributed by atoms with van der Waals surface area (Å²) in [5.41, 5.74) is 1.11. The summed E-state index contributed by atoms with van der Waals surface area (Å²) in [4.78, 5) is 14.8. The van der Waals surface area contributed by atoms with E-state index in [1.54, 1.807) is 0 Å². The molecule has 1 aromatic carbocycles. The van der Waals surface area contributed by atoms with Crippen LogP contribution in [0.25, 0.3) is 0 Å². The quantitative estimate of drug-likeness (QED) is 0.685. The van der Waals surface area contributed by atoms with Gasteiger partial charge in [-0.15, -0.1) is 0 Å². The molecule has 1 fully saturated rings. The fraction of sp³-hybridized carbons (Fsp3) is 0.632. The topological polar surface area (TPSA) is 64.6 Å². The number of nitrogens with one attached hydrogen (secondary N) is 2. The van der Waals surface area contributed by atoms with Crippen LogP contribution in [0.1, 0.15) is 44.7 Å². The highest BCUT2D eigenvalue weighted by molar-refractivity contribution is 5.74. The highest BCUT2D eigenvalue weighted by Crippen LogP contribution is 2.17. The van der Waals surface area contributed by atoms with Crippen molar-refractivity contribution in [3.8, 4) is 0 Å². The monoisotopic (exact) mass is 333 g/mol. The SMILES string of the molecule is CC(C)CC(CO)NC(=O)NC(CN1CCCC1)c1ccccc1. The number of urea groups is 1. The molecule has 1 heterocycles. The van der Waals surface area contributed by atoms with Crippen LogP contribution >= 0.6 is 0 Å². The normalized spacial score (nSPS) is 17.7. The van der Waals surface area contributed by atoms with Crippen molar-refractivity contribution in [1.29, 1.82) is 0 Å². The van der Waals surface area contributed by atoms with Gasteiger partial charge in [0.2, 0.25) is 0 Å². The van der Waals surface area contributed by atoms with Crippen molar-refractivity contribution in [2.24, 2.45) is 5.92 Å². The van der Waals surface area contributed by atoms with Crippen molar-refractivity contribution in [1.82, 2.24) is 15.5 Å². The van der Waals surface area contributed by atoms with Crippen LogP contribution in [-0.2, 0) is 0 Å². The number of amides is 2. The van der Waals surface area contributed by atoms with Gasteiger partial charge in [0, 0.05) is 6.54 Å². The van der Waals surface area contributed by atoms with Crippen LogP contribution in [-0.4, -0.2) is 48.3 Å². The van der Waals surface area contributed by atoms with E-state index in [2.05, 4.69) is 41.5 Å². The van der Waals surface area contributed by atoms with E-state index in [9.17, 15) is 9.90 Å². The van der Waals surface area contributed by atoms with Gasteiger partial charge in [-0.1, -0.05) is 44.2 Å². The minimum atomic E-state index is -0.206. The van der Waals surface area contributed by atoms with E-state index < -0.39 is 0 Å². The smallest absolute Gasteiger partial charge is 0.315 e. The second-order valence-corrected chi connectivity index (χ2v) is 7.10. The number of rotatable bonds is 8. The Morgan fingerprint density at radius 3 is 2.42 bits per heavy atom. The summed E-state index contributed by atoms with van der Waals surface area (Å²) >= 11 is 0. The molecular formula is C19H31N3O2. The summed E-state index contributed by atoms with van der Waals surface area (Å²) in [7, 11) is 0. The first-order valence-electron chi connectivity index (χ1n) is 9.03. The van der Waals surface area contributed by atoms with Gasteiger partial charge in [-0.2, -0.15) is 0 Å². The molecule has 0 bridgehead atoms. The van der Waals surface area contributed by atoms with Gasteiger partial charge in [-0.05, 0) is 43.8 Å². The fourth-order valence-corrected chi connectivity index (χ4v) is 3.28. The van der Waals surface area contributed by atoms with Gasteiger partial charge in [0.15, 0.2) is 0 Å². The molecule has 2 atom stereocenters. The van der Waals surface area contributed by atoms with Gasteiger partial charge in [-0.3, -0.25) is 0 Å². The molecule has 5 heteroatoms. The largest absolute Gasteiger partial charge is 0.394 e. The number of hydrogen-bond donors (Lipinski definition) is 3. The molecule has 0 aliphatic carbocycles. The minimum Gasteiger partial charge on any atom is -0.394 e. The Hall–Kier alpha value is -1.59. The summed E-state index contributed by atoms with van der Waals surface area (Å²) in [6, 6.07) is 9.65. The molecule has 1 aliphatic rings. The lowest BCUT2D eigenvalue weighted by atomic mass is 10.0. The van der Waals surface area contributed by atoms with Crippen LogP contribution in [0.2, 0.25) is 0 Å². The molecule has 0 aromatic heterocycles. The van der Waals surface area contributed by atoms with Crippen molar-refractivity contribution < 1.29 is 9.90 Å². The average molecular weight is 333 g/mol. The number of aliphatic hydroxyl groups is 1. The maximum absolute atomic E-state index is 12.4. The third-order valence-corrected chi connectivity index (χ3v) is 4.46. The van der Waals surface area contributed by atoms with Gasteiger partial charge in [0.05, 0.1) is 18.7 Å². The number of likely N-dealkylation sites (tertiary alicyclic amines) is 1. The molecule has 134 valence electrons. The Morgan fingerprint density at radius 2 is 1.83 bits per heavy atom. The van der Waals surface area contributed by atoms with Crippen molar-refractivity contribution in [2.45, 2.75) is 45.2 Å². The van der Waals surface area contributed by atoms with E-state index in [4.69, 9.17) is 0 Å². The van der Waals surface area contributed by atoms with E-state index in [0.29, 0.717) is 5.92 Å². The van der Waals surface area contributed by atoms with E-state index in [1.165, 1.54) is 12.8 Å². The fourth-order valence-electron chi connectivity index (χ4n) is 3.28. The van der Waals surface area contributed by atoms with Crippen LogP contribution in [0, 0.1) is 5.92 Å². The second-order valence-electron chi connectivity index (χ2n) is 7.10. The third-order valence-electron chi connectivity index (χ3n) is 4.46. The van der Waals surface area contributed by atoms with Crippen LogP contribution in [0.4, 0.5) is 4.79 Å². The minimum absolute atomic E-state index is 0.0340. The predicted molar refractivity (Wildman–Crippen MR) is 96.9 cm³/mol. The van der Waals surface area contributed by atoms with Gasteiger partial charge in [0.25, 0.3) is 0 Å². The first kappa shape index (κ1) is 18.7. The Balaban J connectivity index is 1.97. The maximum Gasteiger partial charge on any atom is 0.315 e. The van der Waals surface area contributed by atoms with Crippen LogP contribution in [0.15, 0.2) is 30.3 Å². The molecule has 1 aromatic rings. The molecule has 2 rings (SSSR count). The number of benzene rings is 1. The highest BCUT2D eigenvalue weighted by atomic mass is 16.3. The second kappa shape index (κ2) is 9.64. The summed E-state index contributed by atoms with van der Waals surface area (Å²) in [5, 5.41) is 15.5. The Morgan fingerprint density at radius 1 is 1.17 bits per heavy atom. The Labute approximate surface area is 145 Å². The first-order chi connectivity index (χ1) is 11.6. The lowest BCUT2D eigenvalue weighted by molar-refractivity contribution is 0.201. The molecule has 2 amide bonds. The Bertz CT molecular complexity index is 487. The number of carbonyl (C=O) groups is 1. The van der Waals surface area contributed by atoms with Gasteiger partial charge < -0.3 is 20.6 Å². The molecule has 0 saturated carbocycles. The zero-order valence-corrected chi connectivity index (χ0v) is 14.9. The molecule has 3 N–H and O–H groups in total. The molecule has 2 unspecified atom stereocenters. The zero-order chi connectivity index (χ0) is 17.4. The van der Waals surface area contributed by atoms with Crippen molar-refractivity contribution >= 4 is 6.03 Å². The molecule has 1 saturated heterocycles. The van der Waals surface area contributed by atoms with E-state index in [1.807, 2.05) is 18.2 Å². The number of nitrogens with zero attached hydrogens (tertiary/aromatic N) is 1. The van der Waals surface area contributed by atoms with Crippen LogP contribution in [0.3, 0.4) is 0 Å². The summed E-state index contributed by atoms with van der Waals surface area (Å²) in [6.45, 7) is 7.16. The molecule has 1 aliphatic heterocycles. The van der Waals surface area contributed by atoms with Gasteiger partial charge in [0.1, 0.15) is 0 Å². The van der Waals surface area contributed by atoms with Gasteiger partial charge in [-0.25, -0.2) is 4.79 Å². The molecule has 0 radical (unpaired) electrons. The molecule has 24 heavy (non-hydrogen) atoms. The third kappa shape index (κ3) is 6.13. The lowest BCUT2D eigenvalue weighted by Gasteiger charge is -2.26. The number of hydrogen-bond acceptors (Lipinski definition) is 3. The number of aliphatic hydroxyl groups excluding tert-OH is 1. The standard InChI is InChI=1S/C19H31N3O2/c1-15(2)12-17(14-23)20-19(24)21-18(13-22-10-6-7-11-22)16-8-4-3-5-9-16/h3-5,8-9,15,17-18,23H,6-7,10-14H2,1-2H3,(H2,20,21,24). The summed E-state index contributed by atoms with van der Waals surface area (Å²) in [5.74, 6) is 0.428. The van der Waals surface area contributed by atoms with Crippen molar-refractivity contribution in [3.05, 3.63) is 35.9 Å². The molecule has 5 nitrogen and oxygen atoms in total. The van der Waals surface area contributed by atoms with E-state index in [0.717, 1.165) is 31.6 Å². The highest BCUT2D eigenvalue weighted by Gasteiger charge is 2.21. The zero-order valence-electron chi connectivity index (χ0n) is 14.9. The van der Waals surface area contributed by atoms with E-state index in [-0.39, 0.29) is 24.7 Å². The summed E-state index contributed by atoms with van der Waals surface area (Å²) in [6.07, 6.45) is 3.23. The van der Waals surface area contributed by atoms with Crippen LogP contribution in [0.5, 0.6) is 0 Å². The molecule has 0 spiro atoms. The average Bonchev–Trinajstić information content (AvgIpc) is 3.07. The summed E-state index contributed by atoms with van der Waals surface area (Å²) < 4.78 is 0. The lowest BCUT2D eigenvalue weighted by Crippen LogP contribution is -2.47. The first-order valence-corrected chi connectivity index (χ1v) is 9.03. The van der Waals surface area contributed by atoms with E-state index >= 15 is 0 Å². The predicted octanol–water partition coefficient (Wildman–Crippen LogP) is 2.53.